The Morgan fingerprint density at radius 2 is 1.79 bits per heavy atom. The van der Waals surface area contributed by atoms with Gasteiger partial charge in [-0.3, -0.25) is 10.1 Å². The lowest BCUT2D eigenvalue weighted by Gasteiger charge is -2.15. The van der Waals surface area contributed by atoms with Crippen molar-refractivity contribution in [3.8, 4) is 11.5 Å². The van der Waals surface area contributed by atoms with Crippen LogP contribution >= 0.6 is 28.1 Å². The number of halogens is 1. The number of aryl methyl sites for hydroxylation is 2. The summed E-state index contributed by atoms with van der Waals surface area (Å²) >= 11 is 8.71. The number of rotatable bonds is 2. The fourth-order valence-electron chi connectivity index (χ4n) is 2.47. The highest BCUT2D eigenvalue weighted by Crippen LogP contribution is 2.32. The van der Waals surface area contributed by atoms with Crippen molar-refractivity contribution < 1.29 is 14.3 Å². The lowest BCUT2D eigenvalue weighted by molar-refractivity contribution is 0.0977. The number of fused-ring (bicyclic) bond motifs is 1. The summed E-state index contributed by atoms with van der Waals surface area (Å²) in [6.45, 7) is 4.12. The predicted octanol–water partition coefficient (Wildman–Crippen LogP) is 3.92. The van der Waals surface area contributed by atoms with E-state index in [9.17, 15) is 4.79 Å². The molecular formula is C17H15BrN2O3S. The van der Waals surface area contributed by atoms with Gasteiger partial charge in [0.15, 0.2) is 16.6 Å². The van der Waals surface area contributed by atoms with Crippen LogP contribution in [0.4, 0.5) is 5.69 Å². The lowest BCUT2D eigenvalue weighted by atomic mass is 10.1. The Hall–Kier alpha value is -2.12. The molecular weight excluding hydrogens is 392 g/mol. The highest BCUT2D eigenvalue weighted by atomic mass is 79.9. The molecule has 3 rings (SSSR count). The SMILES string of the molecule is Cc1cc(Br)cc(C)c1NC(=S)NC(=O)c1ccc2c(c1)OCO2. The molecule has 5 nitrogen and oxygen atoms in total. The minimum absolute atomic E-state index is 0.169. The van der Waals surface area contributed by atoms with Gasteiger partial charge in [-0.1, -0.05) is 15.9 Å². The molecule has 1 heterocycles. The molecule has 24 heavy (non-hydrogen) atoms. The molecule has 0 saturated heterocycles. The third-order valence-electron chi connectivity index (χ3n) is 3.60. The number of benzene rings is 2. The molecule has 0 atom stereocenters. The van der Waals surface area contributed by atoms with Crippen LogP contribution in [0.5, 0.6) is 11.5 Å². The number of amides is 1. The van der Waals surface area contributed by atoms with Gasteiger partial charge in [0.2, 0.25) is 6.79 Å². The minimum atomic E-state index is -0.307. The van der Waals surface area contributed by atoms with E-state index in [1.807, 2.05) is 26.0 Å². The summed E-state index contributed by atoms with van der Waals surface area (Å²) < 4.78 is 11.5. The molecule has 0 aromatic heterocycles. The van der Waals surface area contributed by atoms with E-state index in [-0.39, 0.29) is 17.8 Å². The number of hydrogen-bond donors (Lipinski definition) is 2. The number of carbonyl (C=O) groups excluding carboxylic acids is 1. The quantitative estimate of drug-likeness (QED) is 0.740. The molecule has 0 fully saturated rings. The molecule has 1 aliphatic heterocycles. The topological polar surface area (TPSA) is 59.6 Å². The maximum absolute atomic E-state index is 12.3. The second kappa shape index (κ2) is 6.78. The van der Waals surface area contributed by atoms with Crippen molar-refractivity contribution in [2.75, 3.05) is 12.1 Å². The summed E-state index contributed by atoms with van der Waals surface area (Å²) in [7, 11) is 0. The monoisotopic (exact) mass is 406 g/mol. The van der Waals surface area contributed by atoms with Crippen molar-refractivity contribution in [1.82, 2.24) is 5.32 Å². The van der Waals surface area contributed by atoms with E-state index in [1.165, 1.54) is 0 Å². The van der Waals surface area contributed by atoms with Gasteiger partial charge in [-0.15, -0.1) is 0 Å². The van der Waals surface area contributed by atoms with E-state index in [2.05, 4.69) is 26.6 Å². The third kappa shape index (κ3) is 3.52. The molecule has 124 valence electrons. The van der Waals surface area contributed by atoms with Crippen LogP contribution in [0.15, 0.2) is 34.8 Å². The Balaban J connectivity index is 1.70. The standard InChI is InChI=1S/C17H15BrN2O3S/c1-9-5-12(18)6-10(2)15(9)19-17(24)20-16(21)11-3-4-13-14(7-11)23-8-22-13/h3-7H,8H2,1-2H3,(H2,19,20,21,24). The van der Waals surface area contributed by atoms with Crippen molar-refractivity contribution in [1.29, 1.82) is 0 Å². The highest BCUT2D eigenvalue weighted by molar-refractivity contribution is 9.10. The van der Waals surface area contributed by atoms with Crippen molar-refractivity contribution in [3.63, 3.8) is 0 Å². The van der Waals surface area contributed by atoms with Gasteiger partial charge in [-0.2, -0.15) is 0 Å². The minimum Gasteiger partial charge on any atom is -0.454 e. The summed E-state index contributed by atoms with van der Waals surface area (Å²) in [6.07, 6.45) is 0. The fourth-order valence-corrected chi connectivity index (χ4v) is 3.35. The van der Waals surface area contributed by atoms with Gasteiger partial charge in [0.25, 0.3) is 5.91 Å². The van der Waals surface area contributed by atoms with Crippen LogP contribution in [0.1, 0.15) is 21.5 Å². The third-order valence-corrected chi connectivity index (χ3v) is 4.26. The first-order valence-electron chi connectivity index (χ1n) is 7.23. The van der Waals surface area contributed by atoms with Gasteiger partial charge in [-0.25, -0.2) is 0 Å². The maximum Gasteiger partial charge on any atom is 0.257 e. The highest BCUT2D eigenvalue weighted by Gasteiger charge is 2.17. The van der Waals surface area contributed by atoms with Crippen LogP contribution in [-0.2, 0) is 0 Å². The number of nitrogens with one attached hydrogen (secondary N) is 2. The van der Waals surface area contributed by atoms with Gasteiger partial charge >= 0.3 is 0 Å². The average Bonchev–Trinajstić information content (AvgIpc) is 2.98. The van der Waals surface area contributed by atoms with Gasteiger partial charge in [0.1, 0.15) is 0 Å². The fraction of sp³-hybridized carbons (Fsp3) is 0.176. The normalized spacial score (nSPS) is 12.0. The molecule has 0 bridgehead atoms. The molecule has 0 radical (unpaired) electrons. The zero-order valence-corrected chi connectivity index (χ0v) is 15.5. The Morgan fingerprint density at radius 1 is 1.12 bits per heavy atom. The lowest BCUT2D eigenvalue weighted by Crippen LogP contribution is -2.34. The molecule has 0 aliphatic carbocycles. The van der Waals surface area contributed by atoms with E-state index in [0.717, 1.165) is 21.3 Å². The molecule has 1 amide bonds. The number of ether oxygens (including phenoxy) is 2. The number of anilines is 1. The molecule has 7 heteroatoms. The summed E-state index contributed by atoms with van der Waals surface area (Å²) in [5.41, 5.74) is 3.39. The zero-order valence-electron chi connectivity index (χ0n) is 13.1. The van der Waals surface area contributed by atoms with Crippen molar-refractivity contribution in [3.05, 3.63) is 51.5 Å². The number of thiocarbonyl (C=S) groups is 1. The summed E-state index contributed by atoms with van der Waals surface area (Å²) in [5.74, 6) is 0.882. The van der Waals surface area contributed by atoms with E-state index < -0.39 is 0 Å². The van der Waals surface area contributed by atoms with Crippen LogP contribution < -0.4 is 20.1 Å². The van der Waals surface area contributed by atoms with Crippen LogP contribution in [0.3, 0.4) is 0 Å². The Kier molecular flexibility index (Phi) is 4.73. The second-order valence-electron chi connectivity index (χ2n) is 5.39. The molecule has 2 aromatic carbocycles. The van der Waals surface area contributed by atoms with E-state index in [0.29, 0.717) is 17.1 Å². The van der Waals surface area contributed by atoms with Gasteiger partial charge in [-0.05, 0) is 67.5 Å². The largest absolute Gasteiger partial charge is 0.454 e. The van der Waals surface area contributed by atoms with Gasteiger partial charge in [0, 0.05) is 15.7 Å². The first-order chi connectivity index (χ1) is 11.4. The first-order valence-corrected chi connectivity index (χ1v) is 8.43. The molecule has 1 aliphatic rings. The molecule has 2 aromatic rings. The molecule has 0 unspecified atom stereocenters. The smallest absolute Gasteiger partial charge is 0.257 e. The van der Waals surface area contributed by atoms with E-state index in [4.69, 9.17) is 21.7 Å². The molecule has 0 spiro atoms. The van der Waals surface area contributed by atoms with Gasteiger partial charge in [0.05, 0.1) is 0 Å². The Morgan fingerprint density at radius 3 is 2.50 bits per heavy atom. The van der Waals surface area contributed by atoms with Crippen LogP contribution in [0.25, 0.3) is 0 Å². The van der Waals surface area contributed by atoms with Crippen LogP contribution in [0.2, 0.25) is 0 Å². The van der Waals surface area contributed by atoms with Crippen LogP contribution in [0, 0.1) is 13.8 Å². The number of hydrogen-bond acceptors (Lipinski definition) is 4. The Bertz CT molecular complexity index is 816. The predicted molar refractivity (Wildman–Crippen MR) is 99.9 cm³/mol. The molecule has 0 saturated carbocycles. The summed E-state index contributed by atoms with van der Waals surface area (Å²) in [6, 6.07) is 8.98. The van der Waals surface area contributed by atoms with Crippen molar-refractivity contribution in [2.45, 2.75) is 13.8 Å². The van der Waals surface area contributed by atoms with Crippen molar-refractivity contribution in [2.24, 2.45) is 0 Å². The second-order valence-corrected chi connectivity index (χ2v) is 6.71. The summed E-state index contributed by atoms with van der Waals surface area (Å²) in [5, 5.41) is 6.00. The van der Waals surface area contributed by atoms with Gasteiger partial charge < -0.3 is 14.8 Å². The summed E-state index contributed by atoms with van der Waals surface area (Å²) in [4.78, 5) is 12.3. The van der Waals surface area contributed by atoms with E-state index in [1.54, 1.807) is 18.2 Å². The van der Waals surface area contributed by atoms with Crippen molar-refractivity contribution >= 4 is 44.9 Å². The maximum atomic E-state index is 12.3. The Labute approximate surface area is 153 Å². The van der Waals surface area contributed by atoms with E-state index >= 15 is 0 Å². The first kappa shape index (κ1) is 16.7. The molecule has 2 N–H and O–H groups in total. The average molecular weight is 407 g/mol. The number of carbonyl (C=O) groups is 1. The van der Waals surface area contributed by atoms with Crippen LogP contribution in [-0.4, -0.2) is 17.8 Å². The zero-order chi connectivity index (χ0) is 17.3.